The SMILES string of the molecule is CC1(O)CCN(C2=NC(=O)S/C2=C\c2ccc3nn(Cc4ccc(C(F)(F)F)cc4C(F)(F)F)cc3c2)C1. The fourth-order valence-electron chi connectivity index (χ4n) is 4.50. The number of aromatic nitrogens is 2. The first-order chi connectivity index (χ1) is 17.7. The molecule has 1 amide bonds. The molecule has 1 saturated heterocycles. The number of carbonyl (C=O) groups is 1. The zero-order valence-corrected chi connectivity index (χ0v) is 20.6. The number of carbonyl (C=O) groups excluding carboxylic acids is 1. The van der Waals surface area contributed by atoms with E-state index in [9.17, 15) is 36.2 Å². The average Bonchev–Trinajstić information content (AvgIpc) is 3.48. The number of hydrogen-bond acceptors (Lipinski definition) is 5. The highest BCUT2D eigenvalue weighted by Crippen LogP contribution is 2.38. The Morgan fingerprint density at radius 3 is 2.53 bits per heavy atom. The van der Waals surface area contributed by atoms with Crippen LogP contribution in [0.25, 0.3) is 17.0 Å². The van der Waals surface area contributed by atoms with Crippen LogP contribution >= 0.6 is 11.8 Å². The number of fused-ring (bicyclic) bond motifs is 1. The van der Waals surface area contributed by atoms with Gasteiger partial charge in [-0.25, -0.2) is 0 Å². The molecule has 2 aromatic carbocycles. The number of halogens is 6. The lowest BCUT2D eigenvalue weighted by Gasteiger charge is -2.20. The molecule has 3 heterocycles. The normalized spacial score (nSPS) is 21.7. The van der Waals surface area contributed by atoms with Gasteiger partial charge in [0.25, 0.3) is 0 Å². The smallest absolute Gasteiger partial charge is 0.388 e. The number of amides is 1. The lowest BCUT2D eigenvalue weighted by molar-refractivity contribution is -0.143. The summed E-state index contributed by atoms with van der Waals surface area (Å²) in [6.07, 6.45) is -6.06. The number of likely N-dealkylation sites (tertiary alicyclic amines) is 1. The molecule has 0 radical (unpaired) electrons. The second-order valence-corrected chi connectivity index (χ2v) is 10.5. The Kier molecular flexibility index (Phi) is 6.33. The van der Waals surface area contributed by atoms with E-state index in [0.717, 1.165) is 17.8 Å². The van der Waals surface area contributed by atoms with Crippen molar-refractivity contribution in [3.63, 3.8) is 0 Å². The zero-order chi connectivity index (χ0) is 27.5. The summed E-state index contributed by atoms with van der Waals surface area (Å²) in [5, 5.41) is 14.8. The molecule has 0 aliphatic carbocycles. The molecule has 5 rings (SSSR count). The van der Waals surface area contributed by atoms with Crippen LogP contribution in [-0.4, -0.2) is 49.6 Å². The Labute approximate surface area is 216 Å². The fraction of sp³-hybridized carbons (Fsp3) is 0.320. The number of β-amino-alcohol motifs (C(OH)–C–C–N with tert-alkyl or cyclic N) is 1. The molecule has 0 spiro atoms. The summed E-state index contributed by atoms with van der Waals surface area (Å²) in [4.78, 5) is 18.6. The molecule has 1 unspecified atom stereocenters. The van der Waals surface area contributed by atoms with Crippen molar-refractivity contribution in [2.24, 2.45) is 4.99 Å². The van der Waals surface area contributed by atoms with Crippen molar-refractivity contribution in [1.82, 2.24) is 14.7 Å². The molecule has 1 atom stereocenters. The van der Waals surface area contributed by atoms with Crippen molar-refractivity contribution < 1.29 is 36.2 Å². The molecule has 13 heteroatoms. The summed E-state index contributed by atoms with van der Waals surface area (Å²) in [5.74, 6) is 0.482. The van der Waals surface area contributed by atoms with Crippen molar-refractivity contribution in [2.45, 2.75) is 37.8 Å². The van der Waals surface area contributed by atoms with E-state index < -0.39 is 29.1 Å². The lowest BCUT2D eigenvalue weighted by atomic mass is 10.0. The number of aliphatic hydroxyl groups is 1. The van der Waals surface area contributed by atoms with Crippen LogP contribution in [0.1, 0.15) is 35.6 Å². The van der Waals surface area contributed by atoms with Crippen LogP contribution in [0.4, 0.5) is 31.1 Å². The van der Waals surface area contributed by atoms with Crippen LogP contribution in [0.2, 0.25) is 0 Å². The highest BCUT2D eigenvalue weighted by molar-refractivity contribution is 8.18. The summed E-state index contributed by atoms with van der Waals surface area (Å²) >= 11 is 0.962. The number of alkyl halides is 6. The number of nitrogens with zero attached hydrogens (tertiary/aromatic N) is 4. The van der Waals surface area contributed by atoms with Gasteiger partial charge >= 0.3 is 17.6 Å². The van der Waals surface area contributed by atoms with E-state index in [2.05, 4.69) is 10.1 Å². The highest BCUT2D eigenvalue weighted by Gasteiger charge is 2.39. The Hall–Kier alpha value is -3.32. The van der Waals surface area contributed by atoms with Gasteiger partial charge in [0.2, 0.25) is 0 Å². The Morgan fingerprint density at radius 2 is 1.87 bits per heavy atom. The van der Waals surface area contributed by atoms with Crippen LogP contribution in [0.3, 0.4) is 0 Å². The molecule has 2 aliphatic heterocycles. The van der Waals surface area contributed by atoms with Gasteiger partial charge < -0.3 is 10.0 Å². The number of amidine groups is 1. The predicted molar refractivity (Wildman–Crippen MR) is 130 cm³/mol. The van der Waals surface area contributed by atoms with Gasteiger partial charge in [-0.3, -0.25) is 9.48 Å². The zero-order valence-electron chi connectivity index (χ0n) is 19.8. The standard InChI is InChI=1S/C25H20F6N4O2S/c1-23(37)6-7-34(13-23)21-20(38-22(36)32-21)9-14-2-5-19-16(8-14)12-35(33-19)11-15-3-4-17(24(26,27)28)10-18(15)25(29,30)31/h2-5,8-10,12,37H,6-7,11,13H2,1H3/b20-9-. The molecule has 0 saturated carbocycles. The van der Waals surface area contributed by atoms with Gasteiger partial charge in [-0.2, -0.15) is 36.4 Å². The van der Waals surface area contributed by atoms with Gasteiger partial charge in [-0.05, 0) is 66.6 Å². The molecule has 1 fully saturated rings. The first kappa shape index (κ1) is 26.3. The largest absolute Gasteiger partial charge is 0.416 e. The van der Waals surface area contributed by atoms with E-state index in [1.165, 1.54) is 10.9 Å². The maximum absolute atomic E-state index is 13.5. The minimum Gasteiger partial charge on any atom is -0.388 e. The molecule has 38 heavy (non-hydrogen) atoms. The van der Waals surface area contributed by atoms with Crippen LogP contribution in [-0.2, 0) is 18.9 Å². The number of benzene rings is 2. The van der Waals surface area contributed by atoms with Crippen molar-refractivity contribution >= 4 is 39.8 Å². The van der Waals surface area contributed by atoms with Crippen molar-refractivity contribution in [2.75, 3.05) is 13.1 Å². The summed E-state index contributed by atoms with van der Waals surface area (Å²) in [7, 11) is 0. The van der Waals surface area contributed by atoms with Gasteiger partial charge in [-0.15, -0.1) is 0 Å². The summed E-state index contributed by atoms with van der Waals surface area (Å²) < 4.78 is 80.7. The van der Waals surface area contributed by atoms with Crippen molar-refractivity contribution in [1.29, 1.82) is 0 Å². The van der Waals surface area contributed by atoms with Crippen LogP contribution in [0, 0.1) is 0 Å². The molecule has 200 valence electrons. The monoisotopic (exact) mass is 554 g/mol. The Bertz CT molecular complexity index is 1490. The number of aliphatic imine (C=N–C) groups is 1. The maximum Gasteiger partial charge on any atom is 0.416 e. The van der Waals surface area contributed by atoms with E-state index in [1.54, 1.807) is 31.2 Å². The Morgan fingerprint density at radius 1 is 1.11 bits per heavy atom. The van der Waals surface area contributed by atoms with E-state index in [1.807, 2.05) is 4.90 Å². The third-order valence-electron chi connectivity index (χ3n) is 6.31. The molecule has 1 N–H and O–H groups in total. The lowest BCUT2D eigenvalue weighted by Crippen LogP contribution is -2.33. The van der Waals surface area contributed by atoms with Crippen molar-refractivity contribution in [3.05, 3.63) is 69.8 Å². The Balaban J connectivity index is 1.42. The van der Waals surface area contributed by atoms with Crippen LogP contribution in [0.15, 0.2) is 52.5 Å². The molecule has 3 aromatic rings. The topological polar surface area (TPSA) is 70.7 Å². The van der Waals surface area contributed by atoms with E-state index >= 15 is 0 Å². The van der Waals surface area contributed by atoms with Gasteiger partial charge in [0, 0.05) is 24.7 Å². The van der Waals surface area contributed by atoms with Crippen LogP contribution in [0.5, 0.6) is 0 Å². The minimum absolute atomic E-state index is 0.113. The average molecular weight is 555 g/mol. The highest BCUT2D eigenvalue weighted by atomic mass is 32.2. The summed E-state index contributed by atoms with van der Waals surface area (Å²) in [5.41, 5.74) is -2.79. The minimum atomic E-state index is -4.97. The predicted octanol–water partition coefficient (Wildman–Crippen LogP) is 6.19. The fourth-order valence-corrected chi connectivity index (χ4v) is 5.28. The van der Waals surface area contributed by atoms with Gasteiger partial charge in [0.15, 0.2) is 0 Å². The number of hydrogen-bond donors (Lipinski definition) is 1. The second kappa shape index (κ2) is 9.16. The van der Waals surface area contributed by atoms with Gasteiger partial charge in [0.05, 0.1) is 33.7 Å². The molecular weight excluding hydrogens is 534 g/mol. The second-order valence-electron chi connectivity index (χ2n) is 9.49. The molecular formula is C25H20F6N4O2S. The molecule has 1 aromatic heterocycles. The van der Waals surface area contributed by atoms with Crippen LogP contribution < -0.4 is 0 Å². The summed E-state index contributed by atoms with van der Waals surface area (Å²) in [6.45, 7) is 2.22. The van der Waals surface area contributed by atoms with E-state index in [-0.39, 0.29) is 23.4 Å². The first-order valence-electron chi connectivity index (χ1n) is 11.4. The molecule has 0 bridgehead atoms. The molecule has 2 aliphatic rings. The summed E-state index contributed by atoms with van der Waals surface area (Å²) in [6, 6.07) is 6.69. The van der Waals surface area contributed by atoms with Crippen molar-refractivity contribution in [3.8, 4) is 0 Å². The molecule has 6 nitrogen and oxygen atoms in total. The van der Waals surface area contributed by atoms with Gasteiger partial charge in [0.1, 0.15) is 5.84 Å². The maximum atomic E-state index is 13.5. The first-order valence-corrected chi connectivity index (χ1v) is 12.2. The number of thioether (sulfide) groups is 1. The number of rotatable bonds is 3. The van der Waals surface area contributed by atoms with E-state index in [0.29, 0.717) is 52.8 Å². The van der Waals surface area contributed by atoms with Gasteiger partial charge in [-0.1, -0.05) is 12.1 Å². The third-order valence-corrected chi connectivity index (χ3v) is 7.10. The van der Waals surface area contributed by atoms with E-state index in [4.69, 9.17) is 0 Å². The quantitative estimate of drug-likeness (QED) is 0.392. The third kappa shape index (κ3) is 5.44.